The van der Waals surface area contributed by atoms with E-state index in [1.165, 1.54) is 21.3 Å². The first-order valence-corrected chi connectivity index (χ1v) is 10.0. The van der Waals surface area contributed by atoms with Gasteiger partial charge in [-0.1, -0.05) is 22.0 Å². The Hall–Kier alpha value is -1.84. The molecule has 0 aliphatic carbocycles. The van der Waals surface area contributed by atoms with Gasteiger partial charge in [0.2, 0.25) is 10.0 Å². The lowest BCUT2D eigenvalue weighted by molar-refractivity contribution is 0.0693. The van der Waals surface area contributed by atoms with Gasteiger partial charge in [-0.05, 0) is 30.3 Å². The molecule has 1 fully saturated rings. The molecule has 0 unspecified atom stereocenters. The molecule has 0 radical (unpaired) electrons. The Bertz CT molecular complexity index is 945. The van der Waals surface area contributed by atoms with E-state index in [1.807, 2.05) is 0 Å². The number of carbonyl (C=O) groups excluding carboxylic acids is 1. The molecule has 0 bridgehead atoms. The van der Waals surface area contributed by atoms with Gasteiger partial charge in [0.05, 0.1) is 10.5 Å². The van der Waals surface area contributed by atoms with Crippen LogP contribution in [0.2, 0.25) is 0 Å². The highest BCUT2D eigenvalue weighted by Crippen LogP contribution is 2.22. The highest BCUT2D eigenvalue weighted by molar-refractivity contribution is 9.10. The van der Waals surface area contributed by atoms with Crippen LogP contribution in [-0.4, -0.2) is 49.7 Å². The zero-order chi connectivity index (χ0) is 18.9. The predicted molar refractivity (Wildman–Crippen MR) is 95.2 cm³/mol. The van der Waals surface area contributed by atoms with E-state index in [0.717, 1.165) is 12.1 Å². The molecule has 0 spiro atoms. The molecule has 26 heavy (non-hydrogen) atoms. The molecule has 5 nitrogen and oxygen atoms in total. The molecule has 0 saturated carbocycles. The van der Waals surface area contributed by atoms with E-state index < -0.39 is 27.6 Å². The van der Waals surface area contributed by atoms with Crippen LogP contribution in [-0.2, 0) is 10.0 Å². The Morgan fingerprint density at radius 2 is 1.69 bits per heavy atom. The fourth-order valence-electron chi connectivity index (χ4n) is 2.74. The van der Waals surface area contributed by atoms with E-state index in [4.69, 9.17) is 0 Å². The lowest BCUT2D eigenvalue weighted by Gasteiger charge is -2.34. The fourth-order valence-corrected chi connectivity index (χ4v) is 4.76. The second kappa shape index (κ2) is 7.42. The highest BCUT2D eigenvalue weighted by atomic mass is 79.9. The number of hydrogen-bond donors (Lipinski definition) is 0. The Morgan fingerprint density at radius 3 is 2.31 bits per heavy atom. The molecule has 2 aromatic rings. The molecule has 0 N–H and O–H groups in total. The van der Waals surface area contributed by atoms with Gasteiger partial charge in [-0.15, -0.1) is 0 Å². The highest BCUT2D eigenvalue weighted by Gasteiger charge is 2.31. The van der Waals surface area contributed by atoms with Crippen LogP contribution in [0.3, 0.4) is 0 Å². The molecule has 1 aliphatic heterocycles. The summed E-state index contributed by atoms with van der Waals surface area (Å²) in [6, 6.07) is 9.15. The summed E-state index contributed by atoms with van der Waals surface area (Å²) >= 11 is 3.25. The lowest BCUT2D eigenvalue weighted by Crippen LogP contribution is -2.50. The number of sulfonamides is 1. The Labute approximate surface area is 158 Å². The van der Waals surface area contributed by atoms with E-state index in [1.54, 1.807) is 12.1 Å². The zero-order valence-electron chi connectivity index (χ0n) is 13.5. The number of amides is 1. The van der Waals surface area contributed by atoms with Gasteiger partial charge in [0.25, 0.3) is 5.91 Å². The summed E-state index contributed by atoms with van der Waals surface area (Å²) < 4.78 is 54.1. The standard InChI is InChI=1S/C17H15BrF2N2O3S/c18-12-2-1-3-14(10-12)26(24,25)22-8-6-21(7-9-22)17(23)15-5-4-13(19)11-16(15)20/h1-5,10-11H,6-9H2. The maximum atomic E-state index is 13.8. The van der Waals surface area contributed by atoms with Crippen molar-refractivity contribution in [3.63, 3.8) is 0 Å². The monoisotopic (exact) mass is 444 g/mol. The van der Waals surface area contributed by atoms with Gasteiger partial charge in [-0.3, -0.25) is 4.79 Å². The Kier molecular flexibility index (Phi) is 5.40. The van der Waals surface area contributed by atoms with Crippen molar-refractivity contribution >= 4 is 31.9 Å². The van der Waals surface area contributed by atoms with Gasteiger partial charge in [-0.25, -0.2) is 17.2 Å². The van der Waals surface area contributed by atoms with Crippen LogP contribution in [0.15, 0.2) is 51.8 Å². The summed E-state index contributed by atoms with van der Waals surface area (Å²) in [6.07, 6.45) is 0. The van der Waals surface area contributed by atoms with E-state index in [-0.39, 0.29) is 36.6 Å². The van der Waals surface area contributed by atoms with E-state index in [0.29, 0.717) is 10.5 Å². The summed E-state index contributed by atoms with van der Waals surface area (Å²) in [5, 5.41) is 0. The van der Waals surface area contributed by atoms with Crippen LogP contribution >= 0.6 is 15.9 Å². The van der Waals surface area contributed by atoms with Crippen molar-refractivity contribution in [2.24, 2.45) is 0 Å². The Morgan fingerprint density at radius 1 is 1.00 bits per heavy atom. The minimum atomic E-state index is -3.67. The number of piperazine rings is 1. The lowest BCUT2D eigenvalue weighted by atomic mass is 10.1. The second-order valence-corrected chi connectivity index (χ2v) is 8.63. The predicted octanol–water partition coefficient (Wildman–Crippen LogP) is 2.87. The SMILES string of the molecule is O=C(c1ccc(F)cc1F)N1CCN(S(=O)(=O)c2cccc(Br)c2)CC1. The van der Waals surface area contributed by atoms with Gasteiger partial charge in [0, 0.05) is 36.7 Å². The quantitative estimate of drug-likeness (QED) is 0.731. The topological polar surface area (TPSA) is 57.7 Å². The maximum Gasteiger partial charge on any atom is 0.256 e. The van der Waals surface area contributed by atoms with Gasteiger partial charge in [0.15, 0.2) is 0 Å². The number of hydrogen-bond acceptors (Lipinski definition) is 3. The van der Waals surface area contributed by atoms with Gasteiger partial charge in [-0.2, -0.15) is 4.31 Å². The first-order chi connectivity index (χ1) is 12.3. The summed E-state index contributed by atoms with van der Waals surface area (Å²) in [6.45, 7) is 0.457. The summed E-state index contributed by atoms with van der Waals surface area (Å²) in [4.78, 5) is 13.9. The molecular weight excluding hydrogens is 430 g/mol. The van der Waals surface area contributed by atoms with Crippen LogP contribution in [0.25, 0.3) is 0 Å². The normalized spacial score (nSPS) is 15.9. The van der Waals surface area contributed by atoms with Gasteiger partial charge < -0.3 is 4.90 Å². The number of rotatable bonds is 3. The number of nitrogens with zero attached hydrogens (tertiary/aromatic N) is 2. The zero-order valence-corrected chi connectivity index (χ0v) is 15.9. The van der Waals surface area contributed by atoms with Gasteiger partial charge >= 0.3 is 0 Å². The van der Waals surface area contributed by atoms with Crippen molar-refractivity contribution in [3.05, 3.63) is 64.1 Å². The smallest absolute Gasteiger partial charge is 0.256 e. The molecule has 1 heterocycles. The molecule has 138 valence electrons. The molecule has 3 rings (SSSR count). The van der Waals surface area contributed by atoms with Crippen molar-refractivity contribution in [2.75, 3.05) is 26.2 Å². The first-order valence-electron chi connectivity index (χ1n) is 7.79. The third kappa shape index (κ3) is 3.79. The van der Waals surface area contributed by atoms with E-state index in [2.05, 4.69) is 15.9 Å². The van der Waals surface area contributed by atoms with Crippen molar-refractivity contribution in [3.8, 4) is 0 Å². The third-order valence-electron chi connectivity index (χ3n) is 4.12. The molecule has 0 atom stereocenters. The minimum absolute atomic E-state index is 0.101. The molecule has 1 aliphatic rings. The van der Waals surface area contributed by atoms with Crippen molar-refractivity contribution < 1.29 is 22.0 Å². The fraction of sp³-hybridized carbons (Fsp3) is 0.235. The second-order valence-electron chi connectivity index (χ2n) is 5.78. The maximum absolute atomic E-state index is 13.8. The molecular formula is C17H15BrF2N2O3S. The summed E-state index contributed by atoms with van der Waals surface area (Å²) in [7, 11) is -3.67. The summed E-state index contributed by atoms with van der Waals surface area (Å²) in [5.41, 5.74) is -0.227. The van der Waals surface area contributed by atoms with Crippen LogP contribution in [0.1, 0.15) is 10.4 Å². The average Bonchev–Trinajstić information content (AvgIpc) is 2.61. The van der Waals surface area contributed by atoms with E-state index >= 15 is 0 Å². The van der Waals surface area contributed by atoms with Crippen molar-refractivity contribution in [1.82, 2.24) is 9.21 Å². The third-order valence-corrected chi connectivity index (χ3v) is 6.51. The molecule has 9 heteroatoms. The molecule has 1 amide bonds. The van der Waals surface area contributed by atoms with Crippen molar-refractivity contribution in [1.29, 1.82) is 0 Å². The largest absolute Gasteiger partial charge is 0.336 e. The number of carbonyl (C=O) groups is 1. The minimum Gasteiger partial charge on any atom is -0.336 e. The van der Waals surface area contributed by atoms with Gasteiger partial charge in [0.1, 0.15) is 11.6 Å². The van der Waals surface area contributed by atoms with E-state index in [9.17, 15) is 22.0 Å². The Balaban J connectivity index is 1.72. The number of halogens is 3. The van der Waals surface area contributed by atoms with Crippen LogP contribution in [0.4, 0.5) is 8.78 Å². The molecule has 0 aromatic heterocycles. The van der Waals surface area contributed by atoms with Crippen molar-refractivity contribution in [2.45, 2.75) is 4.90 Å². The van der Waals surface area contributed by atoms with Crippen LogP contribution < -0.4 is 0 Å². The first kappa shape index (κ1) is 18.9. The molecule has 2 aromatic carbocycles. The van der Waals surface area contributed by atoms with Crippen LogP contribution in [0, 0.1) is 11.6 Å². The number of benzene rings is 2. The van der Waals surface area contributed by atoms with Crippen LogP contribution in [0.5, 0.6) is 0 Å². The summed E-state index contributed by atoms with van der Waals surface area (Å²) in [5.74, 6) is -2.27. The molecule has 1 saturated heterocycles. The average molecular weight is 445 g/mol.